The van der Waals surface area contributed by atoms with E-state index in [9.17, 15) is 18.0 Å². The van der Waals surface area contributed by atoms with Gasteiger partial charge in [0.1, 0.15) is 0 Å². The summed E-state index contributed by atoms with van der Waals surface area (Å²) in [5, 5.41) is 2.62. The summed E-state index contributed by atoms with van der Waals surface area (Å²) < 4.78 is 31.7. The van der Waals surface area contributed by atoms with Crippen LogP contribution in [0.1, 0.15) is 31.4 Å². The van der Waals surface area contributed by atoms with Crippen molar-refractivity contribution in [2.24, 2.45) is 5.92 Å². The number of nitrogens with one attached hydrogen (secondary N) is 2. The molecule has 25 heavy (non-hydrogen) atoms. The maximum absolute atomic E-state index is 12.3. The summed E-state index contributed by atoms with van der Waals surface area (Å²) in [5.74, 6) is -0.708. The highest BCUT2D eigenvalue weighted by molar-refractivity contribution is 7.89. The second kappa shape index (κ2) is 9.53. The molecule has 0 saturated heterocycles. The van der Waals surface area contributed by atoms with E-state index < -0.39 is 16.0 Å². The van der Waals surface area contributed by atoms with Crippen molar-refractivity contribution in [3.05, 3.63) is 29.3 Å². The minimum atomic E-state index is -3.70. The van der Waals surface area contributed by atoms with Crippen LogP contribution in [0.4, 0.5) is 0 Å². The van der Waals surface area contributed by atoms with Crippen LogP contribution in [-0.2, 0) is 24.3 Å². The van der Waals surface area contributed by atoms with E-state index in [2.05, 4.69) is 10.0 Å². The number of carbonyl (C=O) groups excluding carboxylic acids is 2. The van der Waals surface area contributed by atoms with Crippen LogP contribution in [-0.4, -0.2) is 40.0 Å². The Kier molecular flexibility index (Phi) is 8.05. The van der Waals surface area contributed by atoms with E-state index in [1.165, 1.54) is 0 Å². The Labute approximate surface area is 149 Å². The first-order valence-corrected chi connectivity index (χ1v) is 9.59. The molecule has 0 saturated carbocycles. The first kappa shape index (κ1) is 21.1. The van der Waals surface area contributed by atoms with Crippen LogP contribution in [0.15, 0.2) is 23.1 Å². The molecule has 7 nitrogen and oxygen atoms in total. The molecular weight excluding hydrogens is 344 g/mol. The number of esters is 1. The normalized spacial score (nSPS) is 11.4. The molecule has 8 heteroatoms. The number of aryl methyl sites for hydroxylation is 2. The van der Waals surface area contributed by atoms with Gasteiger partial charge in [-0.3, -0.25) is 9.59 Å². The number of carbonyl (C=O) groups is 2. The van der Waals surface area contributed by atoms with Crippen LogP contribution in [0, 0.1) is 19.8 Å². The lowest BCUT2D eigenvalue weighted by Crippen LogP contribution is -2.32. The molecule has 0 heterocycles. The third-order valence-electron chi connectivity index (χ3n) is 3.33. The topological polar surface area (TPSA) is 102 Å². The minimum absolute atomic E-state index is 0.0951. The van der Waals surface area contributed by atoms with E-state index in [0.29, 0.717) is 18.0 Å². The third-order valence-corrected chi connectivity index (χ3v) is 4.93. The maximum Gasteiger partial charge on any atom is 0.307 e. The van der Waals surface area contributed by atoms with Gasteiger partial charge in [0.2, 0.25) is 10.0 Å². The van der Waals surface area contributed by atoms with Gasteiger partial charge in [-0.15, -0.1) is 0 Å². The Morgan fingerprint density at radius 3 is 2.52 bits per heavy atom. The summed E-state index contributed by atoms with van der Waals surface area (Å²) in [6.45, 7) is 7.46. The zero-order valence-corrected chi connectivity index (χ0v) is 15.9. The molecule has 0 aliphatic carbocycles. The van der Waals surface area contributed by atoms with Crippen LogP contribution < -0.4 is 10.0 Å². The smallest absolute Gasteiger partial charge is 0.307 e. The van der Waals surface area contributed by atoms with Crippen molar-refractivity contribution in [1.82, 2.24) is 10.0 Å². The number of rotatable bonds is 9. The molecule has 1 rings (SSSR count). The molecule has 0 unspecified atom stereocenters. The van der Waals surface area contributed by atoms with Gasteiger partial charge in [-0.25, -0.2) is 13.1 Å². The van der Waals surface area contributed by atoms with E-state index in [-0.39, 0.29) is 30.4 Å². The Hall–Kier alpha value is -1.93. The van der Waals surface area contributed by atoms with Gasteiger partial charge in [0, 0.05) is 13.1 Å². The summed E-state index contributed by atoms with van der Waals surface area (Å²) >= 11 is 0. The maximum atomic E-state index is 12.3. The van der Waals surface area contributed by atoms with Crippen molar-refractivity contribution in [2.75, 3.05) is 19.7 Å². The quantitative estimate of drug-likeness (QED) is 0.638. The molecule has 0 fully saturated rings. The Balaban J connectivity index is 2.42. The van der Waals surface area contributed by atoms with Crippen LogP contribution >= 0.6 is 0 Å². The van der Waals surface area contributed by atoms with E-state index in [0.717, 1.165) is 5.56 Å². The van der Waals surface area contributed by atoms with Crippen molar-refractivity contribution in [2.45, 2.75) is 39.0 Å². The fraction of sp³-hybridized carbons (Fsp3) is 0.529. The highest BCUT2D eigenvalue weighted by Gasteiger charge is 2.17. The molecule has 0 atom stereocenters. The molecular formula is C17H26N2O5S. The van der Waals surface area contributed by atoms with Gasteiger partial charge in [-0.05, 0) is 37.0 Å². The first-order valence-electron chi connectivity index (χ1n) is 8.11. The fourth-order valence-electron chi connectivity index (χ4n) is 1.95. The highest BCUT2D eigenvalue weighted by Crippen LogP contribution is 2.16. The number of sulfonamides is 1. The zero-order valence-electron chi connectivity index (χ0n) is 15.1. The lowest BCUT2D eigenvalue weighted by Gasteiger charge is -2.10. The lowest BCUT2D eigenvalue weighted by molar-refractivity contribution is -0.148. The van der Waals surface area contributed by atoms with Crippen molar-refractivity contribution in [1.29, 1.82) is 0 Å². The van der Waals surface area contributed by atoms with Gasteiger partial charge in [-0.1, -0.05) is 26.0 Å². The van der Waals surface area contributed by atoms with Crippen molar-refractivity contribution < 1.29 is 22.7 Å². The zero-order chi connectivity index (χ0) is 19.0. The van der Waals surface area contributed by atoms with Crippen molar-refractivity contribution >= 4 is 21.9 Å². The van der Waals surface area contributed by atoms with Gasteiger partial charge in [0.15, 0.2) is 6.61 Å². The van der Waals surface area contributed by atoms with Crippen molar-refractivity contribution in [3.63, 3.8) is 0 Å². The number of ether oxygens (including phenoxy) is 1. The molecule has 140 valence electrons. The van der Waals surface area contributed by atoms with E-state index >= 15 is 0 Å². The highest BCUT2D eigenvalue weighted by atomic mass is 32.2. The summed E-state index contributed by atoms with van der Waals surface area (Å²) in [4.78, 5) is 23.2. The average molecular weight is 370 g/mol. The molecule has 1 aromatic carbocycles. The molecule has 0 radical (unpaired) electrons. The van der Waals surface area contributed by atoms with Crippen LogP contribution in [0.3, 0.4) is 0 Å². The molecule has 0 spiro atoms. The number of hydrogen-bond acceptors (Lipinski definition) is 5. The van der Waals surface area contributed by atoms with Crippen LogP contribution in [0.25, 0.3) is 0 Å². The summed E-state index contributed by atoms with van der Waals surface area (Å²) in [5.41, 5.74) is 1.46. The Morgan fingerprint density at radius 2 is 1.88 bits per heavy atom. The number of hydrogen-bond donors (Lipinski definition) is 2. The van der Waals surface area contributed by atoms with Crippen molar-refractivity contribution in [3.8, 4) is 0 Å². The SMILES string of the molecule is Cc1ccc(C)c(S(=O)(=O)NCCC(=O)OCC(=O)NCC(C)C)c1. The third kappa shape index (κ3) is 7.66. The van der Waals surface area contributed by atoms with Gasteiger partial charge in [0.25, 0.3) is 5.91 Å². The molecule has 1 amide bonds. The van der Waals surface area contributed by atoms with Crippen LogP contribution in [0.2, 0.25) is 0 Å². The predicted octanol–water partition coefficient (Wildman–Crippen LogP) is 1.29. The molecule has 1 aromatic rings. The van der Waals surface area contributed by atoms with Crippen LogP contribution in [0.5, 0.6) is 0 Å². The number of amides is 1. The van der Waals surface area contributed by atoms with Gasteiger partial charge < -0.3 is 10.1 Å². The van der Waals surface area contributed by atoms with E-state index in [4.69, 9.17) is 4.74 Å². The van der Waals surface area contributed by atoms with E-state index in [1.807, 2.05) is 19.9 Å². The number of benzene rings is 1. The molecule has 2 N–H and O–H groups in total. The largest absolute Gasteiger partial charge is 0.456 e. The standard InChI is InChI=1S/C17H26N2O5S/c1-12(2)10-18-16(20)11-24-17(21)7-8-19-25(22,23)15-9-13(3)5-6-14(15)4/h5-6,9,12,19H,7-8,10-11H2,1-4H3,(H,18,20). The first-order chi connectivity index (χ1) is 11.6. The minimum Gasteiger partial charge on any atom is -0.456 e. The summed E-state index contributed by atoms with van der Waals surface area (Å²) in [6, 6.07) is 5.14. The molecule has 0 aliphatic heterocycles. The fourth-order valence-corrected chi connectivity index (χ4v) is 3.31. The summed E-state index contributed by atoms with van der Waals surface area (Å²) in [7, 11) is -3.70. The average Bonchev–Trinajstić information content (AvgIpc) is 2.52. The second-order valence-electron chi connectivity index (χ2n) is 6.28. The Morgan fingerprint density at radius 1 is 1.20 bits per heavy atom. The van der Waals surface area contributed by atoms with Gasteiger partial charge >= 0.3 is 5.97 Å². The molecule has 0 aliphatic rings. The second-order valence-corrected chi connectivity index (χ2v) is 8.01. The Bertz CT molecular complexity index is 714. The molecule has 0 bridgehead atoms. The lowest BCUT2D eigenvalue weighted by atomic mass is 10.2. The predicted molar refractivity (Wildman–Crippen MR) is 94.5 cm³/mol. The summed E-state index contributed by atoms with van der Waals surface area (Å²) in [6.07, 6.45) is -0.151. The van der Waals surface area contributed by atoms with E-state index in [1.54, 1.807) is 26.0 Å². The van der Waals surface area contributed by atoms with Gasteiger partial charge in [0.05, 0.1) is 11.3 Å². The van der Waals surface area contributed by atoms with Gasteiger partial charge in [-0.2, -0.15) is 0 Å². The molecule has 0 aromatic heterocycles. The monoisotopic (exact) mass is 370 g/mol.